The number of rotatable bonds is 3. The minimum Gasteiger partial charge on any atom is -0.343 e. The van der Waals surface area contributed by atoms with Crippen LogP contribution in [0.4, 0.5) is 5.69 Å². The lowest BCUT2D eigenvalue weighted by Crippen LogP contribution is -2.50. The minimum atomic E-state index is -0.430. The highest BCUT2D eigenvalue weighted by Gasteiger charge is 2.51. The first-order valence-electron chi connectivity index (χ1n) is 9.70. The molecule has 2 fully saturated rings. The average molecular weight is 356 g/mol. The van der Waals surface area contributed by atoms with Crippen LogP contribution in [0.1, 0.15) is 24.8 Å². The van der Waals surface area contributed by atoms with Gasteiger partial charge in [0.25, 0.3) is 0 Å². The average Bonchev–Trinajstić information content (AvgIpc) is 2.90. The second-order valence-electron chi connectivity index (χ2n) is 7.69. The molecular weight excluding hydrogens is 328 g/mol. The molecular formula is C20H28N4O2. The fourth-order valence-electron chi connectivity index (χ4n) is 4.68. The number of para-hydroxylation sites is 1. The zero-order valence-corrected chi connectivity index (χ0v) is 15.5. The molecule has 26 heavy (non-hydrogen) atoms. The number of piperazine rings is 1. The summed E-state index contributed by atoms with van der Waals surface area (Å²) >= 11 is 0. The molecule has 0 radical (unpaired) electrons. The topological polar surface area (TPSA) is 55.9 Å². The fourth-order valence-corrected chi connectivity index (χ4v) is 4.68. The van der Waals surface area contributed by atoms with Crippen LogP contribution in [0.15, 0.2) is 24.3 Å². The van der Waals surface area contributed by atoms with Crippen LogP contribution in [0.2, 0.25) is 0 Å². The molecule has 6 nitrogen and oxygen atoms in total. The van der Waals surface area contributed by atoms with Gasteiger partial charge < -0.3 is 20.0 Å². The summed E-state index contributed by atoms with van der Waals surface area (Å²) < 4.78 is 0. The van der Waals surface area contributed by atoms with Gasteiger partial charge in [0.1, 0.15) is 0 Å². The van der Waals surface area contributed by atoms with Crippen LogP contribution in [0.3, 0.4) is 0 Å². The lowest BCUT2D eigenvalue weighted by molar-refractivity contribution is -0.135. The summed E-state index contributed by atoms with van der Waals surface area (Å²) in [6.45, 7) is 6.25. The van der Waals surface area contributed by atoms with E-state index < -0.39 is 5.41 Å². The van der Waals surface area contributed by atoms with Gasteiger partial charge in [-0.2, -0.15) is 0 Å². The van der Waals surface area contributed by atoms with Gasteiger partial charge in [0.2, 0.25) is 11.8 Å². The summed E-state index contributed by atoms with van der Waals surface area (Å²) in [6.07, 6.45) is 2.04. The van der Waals surface area contributed by atoms with Crippen molar-refractivity contribution in [2.45, 2.75) is 24.7 Å². The van der Waals surface area contributed by atoms with E-state index in [1.807, 2.05) is 30.1 Å². The van der Waals surface area contributed by atoms with Crippen LogP contribution >= 0.6 is 0 Å². The monoisotopic (exact) mass is 356 g/mol. The number of benzene rings is 1. The van der Waals surface area contributed by atoms with E-state index in [0.717, 1.165) is 56.8 Å². The second-order valence-corrected chi connectivity index (χ2v) is 7.69. The summed E-state index contributed by atoms with van der Waals surface area (Å²) in [7, 11) is 1.86. The van der Waals surface area contributed by atoms with Gasteiger partial charge in [-0.25, -0.2) is 0 Å². The molecule has 1 aromatic carbocycles. The van der Waals surface area contributed by atoms with E-state index in [0.29, 0.717) is 19.5 Å². The van der Waals surface area contributed by atoms with Gasteiger partial charge in [-0.1, -0.05) is 18.2 Å². The minimum absolute atomic E-state index is 0.187. The molecule has 3 aliphatic rings. The quantitative estimate of drug-likeness (QED) is 0.871. The normalized spacial score (nSPS) is 22.7. The Hall–Kier alpha value is -1.92. The zero-order chi connectivity index (χ0) is 18.1. The number of nitrogens with zero attached hydrogens (tertiary/aromatic N) is 3. The lowest BCUT2D eigenvalue weighted by atomic mass is 9.73. The Kier molecular flexibility index (Phi) is 4.71. The molecule has 140 valence electrons. The molecule has 3 heterocycles. The Bertz CT molecular complexity index is 691. The number of fused-ring (bicyclic) bond motifs is 2. The molecule has 4 rings (SSSR count). The first-order chi connectivity index (χ1) is 12.6. The number of nitrogens with one attached hydrogen (secondary N) is 1. The summed E-state index contributed by atoms with van der Waals surface area (Å²) in [4.78, 5) is 31.7. The SMILES string of the molecule is CN1C(=O)C2(CCN(C(=O)CCN3CCNCC3)CC2)c2ccccc21. The van der Waals surface area contributed by atoms with Crippen LogP contribution in [0.25, 0.3) is 0 Å². The van der Waals surface area contributed by atoms with Gasteiger partial charge >= 0.3 is 0 Å². The molecule has 1 aromatic rings. The molecule has 1 N–H and O–H groups in total. The molecule has 0 saturated carbocycles. The molecule has 0 unspecified atom stereocenters. The fraction of sp³-hybridized carbons (Fsp3) is 0.600. The van der Waals surface area contributed by atoms with Crippen LogP contribution in [-0.2, 0) is 15.0 Å². The molecule has 2 saturated heterocycles. The lowest BCUT2D eigenvalue weighted by Gasteiger charge is -2.38. The van der Waals surface area contributed by atoms with E-state index in [2.05, 4.69) is 16.3 Å². The van der Waals surface area contributed by atoms with Crippen LogP contribution in [-0.4, -0.2) is 74.5 Å². The van der Waals surface area contributed by atoms with Gasteiger partial charge in [0.05, 0.1) is 5.41 Å². The van der Waals surface area contributed by atoms with Gasteiger partial charge in [0, 0.05) is 65.0 Å². The van der Waals surface area contributed by atoms with Crippen molar-refractivity contribution >= 4 is 17.5 Å². The van der Waals surface area contributed by atoms with Crippen molar-refractivity contribution in [2.75, 3.05) is 57.8 Å². The standard InChI is InChI=1S/C20H28N4O2/c1-22-17-5-3-2-4-16(17)20(19(22)26)7-12-24(13-8-20)18(25)6-11-23-14-9-21-10-15-23/h2-5,21H,6-15H2,1H3. The number of likely N-dealkylation sites (N-methyl/N-ethyl adjacent to an activating group) is 1. The van der Waals surface area contributed by atoms with E-state index >= 15 is 0 Å². The smallest absolute Gasteiger partial charge is 0.237 e. The molecule has 0 aromatic heterocycles. The van der Waals surface area contributed by atoms with Gasteiger partial charge in [0.15, 0.2) is 0 Å². The summed E-state index contributed by atoms with van der Waals surface area (Å²) in [5.41, 5.74) is 1.73. The highest BCUT2D eigenvalue weighted by atomic mass is 16.2. The third kappa shape index (κ3) is 2.91. The van der Waals surface area contributed by atoms with Gasteiger partial charge in [-0.3, -0.25) is 9.59 Å². The molecule has 0 aliphatic carbocycles. The summed E-state index contributed by atoms with van der Waals surface area (Å²) in [5, 5.41) is 3.34. The highest BCUT2D eigenvalue weighted by Crippen LogP contribution is 2.47. The Labute approximate surface area is 155 Å². The molecule has 3 aliphatic heterocycles. The number of piperidine rings is 1. The first kappa shape index (κ1) is 17.5. The van der Waals surface area contributed by atoms with Gasteiger partial charge in [-0.15, -0.1) is 0 Å². The first-order valence-corrected chi connectivity index (χ1v) is 9.70. The summed E-state index contributed by atoms with van der Waals surface area (Å²) in [6, 6.07) is 8.10. The third-order valence-corrected chi connectivity index (χ3v) is 6.32. The van der Waals surface area contributed by atoms with Crippen molar-refractivity contribution in [1.82, 2.24) is 15.1 Å². The van der Waals surface area contributed by atoms with Crippen molar-refractivity contribution in [3.8, 4) is 0 Å². The van der Waals surface area contributed by atoms with Crippen molar-refractivity contribution < 1.29 is 9.59 Å². The number of carbonyl (C=O) groups is 2. The molecule has 1 spiro atoms. The molecule has 2 amide bonds. The predicted octanol–water partition coefficient (Wildman–Crippen LogP) is 0.819. The molecule has 0 bridgehead atoms. The predicted molar refractivity (Wildman–Crippen MR) is 101 cm³/mol. The molecule has 0 atom stereocenters. The maximum absolute atomic E-state index is 13.0. The van der Waals surface area contributed by atoms with E-state index in [9.17, 15) is 9.59 Å². The number of anilines is 1. The molecule has 6 heteroatoms. The van der Waals surface area contributed by atoms with E-state index in [1.165, 1.54) is 0 Å². The Balaban J connectivity index is 1.38. The Morgan fingerprint density at radius 1 is 1.12 bits per heavy atom. The van der Waals surface area contributed by atoms with E-state index in [1.54, 1.807) is 4.90 Å². The van der Waals surface area contributed by atoms with Gasteiger partial charge in [-0.05, 0) is 24.5 Å². The van der Waals surface area contributed by atoms with Crippen molar-refractivity contribution in [3.63, 3.8) is 0 Å². The second kappa shape index (κ2) is 7.00. The number of carbonyl (C=O) groups excluding carboxylic acids is 2. The number of hydrogen-bond acceptors (Lipinski definition) is 4. The zero-order valence-electron chi connectivity index (χ0n) is 15.5. The van der Waals surface area contributed by atoms with Crippen molar-refractivity contribution in [2.24, 2.45) is 0 Å². The highest BCUT2D eigenvalue weighted by molar-refractivity contribution is 6.07. The summed E-state index contributed by atoms with van der Waals surface area (Å²) in [5.74, 6) is 0.414. The Morgan fingerprint density at radius 2 is 1.81 bits per heavy atom. The van der Waals surface area contributed by atoms with Crippen molar-refractivity contribution in [1.29, 1.82) is 0 Å². The maximum atomic E-state index is 13.0. The number of hydrogen-bond donors (Lipinski definition) is 1. The van der Waals surface area contributed by atoms with E-state index in [4.69, 9.17) is 0 Å². The number of amides is 2. The Morgan fingerprint density at radius 3 is 2.54 bits per heavy atom. The van der Waals surface area contributed by atoms with Crippen LogP contribution in [0, 0.1) is 0 Å². The largest absolute Gasteiger partial charge is 0.343 e. The van der Waals surface area contributed by atoms with Crippen molar-refractivity contribution in [3.05, 3.63) is 29.8 Å². The third-order valence-electron chi connectivity index (χ3n) is 6.32. The number of likely N-dealkylation sites (tertiary alicyclic amines) is 1. The van der Waals surface area contributed by atoms with E-state index in [-0.39, 0.29) is 11.8 Å². The maximum Gasteiger partial charge on any atom is 0.237 e. The van der Waals surface area contributed by atoms with Crippen LogP contribution in [0.5, 0.6) is 0 Å². The van der Waals surface area contributed by atoms with Crippen LogP contribution < -0.4 is 10.2 Å².